The monoisotopic (exact) mass is 314 g/mol. The van der Waals surface area contributed by atoms with Crippen LogP contribution in [0.25, 0.3) is 11.3 Å². The largest absolute Gasteiger partial charge is 0.322 e. The summed E-state index contributed by atoms with van der Waals surface area (Å²) in [4.78, 5) is 5.97. The molecule has 1 saturated carbocycles. The number of nitrogens with zero attached hydrogens (tertiary/aromatic N) is 2. The van der Waals surface area contributed by atoms with Gasteiger partial charge in [0.25, 0.3) is 0 Å². The first kappa shape index (κ1) is 14.5. The molecule has 3 heteroatoms. The lowest BCUT2D eigenvalue weighted by molar-refractivity contribution is 0.0883. The molecule has 0 bridgehead atoms. The van der Waals surface area contributed by atoms with E-state index < -0.39 is 0 Å². The maximum Gasteiger partial charge on any atom is 0.0957 e. The molecule has 2 aromatic heterocycles. The van der Waals surface area contributed by atoms with E-state index in [1.54, 1.807) is 4.88 Å². The molecular formula is C19H26N2S. The van der Waals surface area contributed by atoms with E-state index in [0.29, 0.717) is 6.04 Å². The Morgan fingerprint density at radius 3 is 2.82 bits per heavy atom. The molecule has 0 radical (unpaired) electrons. The van der Waals surface area contributed by atoms with Gasteiger partial charge in [0.1, 0.15) is 0 Å². The quantitative estimate of drug-likeness (QED) is 0.704. The number of aromatic nitrogens is 2. The molecule has 2 atom stereocenters. The molecule has 1 aliphatic heterocycles. The van der Waals surface area contributed by atoms with E-state index >= 15 is 0 Å². The van der Waals surface area contributed by atoms with Gasteiger partial charge >= 0.3 is 0 Å². The summed E-state index contributed by atoms with van der Waals surface area (Å²) in [6.07, 6.45) is 11.2. The summed E-state index contributed by atoms with van der Waals surface area (Å²) in [6.45, 7) is 7.46. The van der Waals surface area contributed by atoms with Crippen LogP contribution in [0.15, 0.2) is 24.0 Å². The predicted octanol–water partition coefficient (Wildman–Crippen LogP) is 5.76. The number of hydrogen-bond donors (Lipinski definition) is 0. The Bertz CT molecular complexity index is 620. The molecule has 0 spiro atoms. The minimum atomic E-state index is 0.257. The van der Waals surface area contributed by atoms with Crippen molar-refractivity contribution in [1.29, 1.82) is 0 Å². The fraction of sp³-hybridized carbons (Fsp3) is 0.632. The zero-order chi connectivity index (χ0) is 15.3. The number of fused-ring (bicyclic) bond motifs is 3. The first-order valence-electron chi connectivity index (χ1n) is 8.70. The summed E-state index contributed by atoms with van der Waals surface area (Å²) in [5.41, 5.74) is 2.98. The third-order valence-corrected chi connectivity index (χ3v) is 7.37. The van der Waals surface area contributed by atoms with Crippen LogP contribution in [0.3, 0.4) is 0 Å². The Kier molecular flexibility index (Phi) is 3.44. The first-order valence-corrected chi connectivity index (χ1v) is 9.58. The molecule has 1 fully saturated rings. The van der Waals surface area contributed by atoms with E-state index in [-0.39, 0.29) is 5.41 Å². The SMILES string of the molecule is CC(C1CCCCC1)C(C)(C)C1c2sccc2-c2cncn21. The summed E-state index contributed by atoms with van der Waals surface area (Å²) in [7, 11) is 0. The molecule has 2 aliphatic rings. The molecule has 0 saturated heterocycles. The third-order valence-electron chi connectivity index (χ3n) is 6.40. The standard InChI is InChI=1S/C19H26N2S/c1-13(14-7-5-4-6-8-14)19(2,3)18-17-15(9-10-22-17)16-11-20-12-21(16)18/h9-14,18H,4-8H2,1-3H3. The second kappa shape index (κ2) is 5.23. The molecule has 2 aromatic rings. The van der Waals surface area contributed by atoms with Gasteiger partial charge in [0.2, 0.25) is 0 Å². The van der Waals surface area contributed by atoms with Crippen molar-refractivity contribution in [2.24, 2.45) is 17.3 Å². The van der Waals surface area contributed by atoms with Gasteiger partial charge < -0.3 is 4.57 Å². The van der Waals surface area contributed by atoms with Crippen molar-refractivity contribution in [3.05, 3.63) is 28.8 Å². The molecule has 0 amide bonds. The zero-order valence-electron chi connectivity index (χ0n) is 13.9. The van der Waals surface area contributed by atoms with Crippen LogP contribution in [-0.2, 0) is 0 Å². The van der Waals surface area contributed by atoms with Crippen molar-refractivity contribution in [3.63, 3.8) is 0 Å². The van der Waals surface area contributed by atoms with Gasteiger partial charge in [-0.15, -0.1) is 11.3 Å². The van der Waals surface area contributed by atoms with Gasteiger partial charge in [-0.05, 0) is 28.7 Å². The van der Waals surface area contributed by atoms with Crippen molar-refractivity contribution in [3.8, 4) is 11.3 Å². The average Bonchev–Trinajstić information content (AvgIpc) is 3.19. The molecule has 1 aliphatic carbocycles. The Hall–Kier alpha value is -1.09. The zero-order valence-corrected chi connectivity index (χ0v) is 14.7. The second-order valence-corrected chi connectivity index (χ2v) is 8.74. The molecule has 2 unspecified atom stereocenters. The maximum absolute atomic E-state index is 4.43. The van der Waals surface area contributed by atoms with Gasteiger partial charge in [-0.1, -0.05) is 52.9 Å². The Labute approximate surface area is 137 Å². The fourth-order valence-electron chi connectivity index (χ4n) is 4.78. The second-order valence-electron chi connectivity index (χ2n) is 7.80. The Morgan fingerprint density at radius 2 is 2.05 bits per heavy atom. The van der Waals surface area contributed by atoms with Crippen molar-refractivity contribution in [1.82, 2.24) is 9.55 Å². The average molecular weight is 314 g/mol. The van der Waals surface area contributed by atoms with E-state index in [1.807, 2.05) is 23.9 Å². The lowest BCUT2D eigenvalue weighted by Gasteiger charge is -2.43. The molecule has 3 heterocycles. The van der Waals surface area contributed by atoms with Crippen LogP contribution < -0.4 is 0 Å². The van der Waals surface area contributed by atoms with Crippen LogP contribution in [0, 0.1) is 17.3 Å². The van der Waals surface area contributed by atoms with Gasteiger partial charge in [0, 0.05) is 10.4 Å². The van der Waals surface area contributed by atoms with Crippen LogP contribution in [0.4, 0.5) is 0 Å². The van der Waals surface area contributed by atoms with Crippen molar-refractivity contribution in [2.75, 3.05) is 0 Å². The van der Waals surface area contributed by atoms with Gasteiger partial charge in [0.05, 0.1) is 24.3 Å². The molecular weight excluding hydrogens is 288 g/mol. The van der Waals surface area contributed by atoms with Gasteiger partial charge in [0.15, 0.2) is 0 Å². The normalized spacial score (nSPS) is 23.3. The Balaban J connectivity index is 1.71. The van der Waals surface area contributed by atoms with E-state index in [2.05, 4.69) is 41.8 Å². The molecule has 118 valence electrons. The van der Waals surface area contributed by atoms with Crippen molar-refractivity contribution >= 4 is 11.3 Å². The number of thiophene rings is 1. The van der Waals surface area contributed by atoms with E-state index in [9.17, 15) is 0 Å². The fourth-order valence-corrected chi connectivity index (χ4v) is 5.97. The maximum atomic E-state index is 4.43. The molecule has 22 heavy (non-hydrogen) atoms. The summed E-state index contributed by atoms with van der Waals surface area (Å²) in [5.74, 6) is 1.63. The molecule has 4 rings (SSSR count). The molecule has 2 nitrogen and oxygen atoms in total. The van der Waals surface area contributed by atoms with E-state index in [4.69, 9.17) is 0 Å². The van der Waals surface area contributed by atoms with Crippen LogP contribution in [0.2, 0.25) is 0 Å². The van der Waals surface area contributed by atoms with Crippen molar-refractivity contribution < 1.29 is 0 Å². The highest BCUT2D eigenvalue weighted by Crippen LogP contribution is 2.55. The van der Waals surface area contributed by atoms with Crippen LogP contribution >= 0.6 is 11.3 Å². The van der Waals surface area contributed by atoms with Crippen LogP contribution in [0.5, 0.6) is 0 Å². The van der Waals surface area contributed by atoms with E-state index in [0.717, 1.165) is 11.8 Å². The predicted molar refractivity (Wildman–Crippen MR) is 93.2 cm³/mol. The highest BCUT2D eigenvalue weighted by Gasteiger charge is 2.45. The number of imidazole rings is 1. The number of rotatable bonds is 3. The Morgan fingerprint density at radius 1 is 1.27 bits per heavy atom. The van der Waals surface area contributed by atoms with E-state index in [1.165, 1.54) is 43.4 Å². The van der Waals surface area contributed by atoms with Crippen molar-refractivity contribution in [2.45, 2.75) is 58.9 Å². The van der Waals surface area contributed by atoms with Gasteiger partial charge in [-0.3, -0.25) is 0 Å². The summed E-state index contributed by atoms with van der Waals surface area (Å²) in [6, 6.07) is 2.73. The molecule has 0 N–H and O–H groups in total. The lowest BCUT2D eigenvalue weighted by Crippen LogP contribution is -2.36. The smallest absolute Gasteiger partial charge is 0.0957 e. The highest BCUT2D eigenvalue weighted by molar-refractivity contribution is 7.10. The van der Waals surface area contributed by atoms with Crippen LogP contribution in [-0.4, -0.2) is 9.55 Å². The molecule has 0 aromatic carbocycles. The van der Waals surface area contributed by atoms with Gasteiger partial charge in [-0.25, -0.2) is 4.98 Å². The summed E-state index contributed by atoms with van der Waals surface area (Å²) >= 11 is 1.92. The third kappa shape index (κ3) is 2.01. The summed E-state index contributed by atoms with van der Waals surface area (Å²) in [5, 5.41) is 2.25. The topological polar surface area (TPSA) is 17.8 Å². The minimum absolute atomic E-state index is 0.257. The van der Waals surface area contributed by atoms with Crippen LogP contribution in [0.1, 0.15) is 63.8 Å². The highest BCUT2D eigenvalue weighted by atomic mass is 32.1. The lowest BCUT2D eigenvalue weighted by atomic mass is 9.65. The summed E-state index contributed by atoms with van der Waals surface area (Å²) < 4.78 is 2.43. The first-order chi connectivity index (χ1) is 10.6. The minimum Gasteiger partial charge on any atom is -0.322 e. The van der Waals surface area contributed by atoms with Gasteiger partial charge in [-0.2, -0.15) is 0 Å². The number of hydrogen-bond acceptors (Lipinski definition) is 2.